The van der Waals surface area contributed by atoms with Crippen molar-refractivity contribution >= 4 is 5.95 Å². The smallest absolute Gasteiger partial charge is 0.324 e. The van der Waals surface area contributed by atoms with Crippen LogP contribution in [-0.2, 0) is 0 Å². The van der Waals surface area contributed by atoms with Crippen LogP contribution in [0.2, 0.25) is 0 Å². The molecular weight excluding hydrogens is 312 g/mol. The normalized spacial score (nSPS) is 17.4. The number of piperidine rings is 1. The summed E-state index contributed by atoms with van der Waals surface area (Å²) in [5.74, 6) is 0.899. The molecule has 1 atom stereocenters. The molecule has 1 saturated heterocycles. The van der Waals surface area contributed by atoms with E-state index in [9.17, 15) is 0 Å². The van der Waals surface area contributed by atoms with Crippen LogP contribution in [0.15, 0.2) is 18.5 Å². The average molecular weight is 332 g/mol. The maximum absolute atomic E-state index is 5.67. The number of anilines is 1. The van der Waals surface area contributed by atoms with Gasteiger partial charge in [0.25, 0.3) is 0 Å². The minimum atomic E-state index is 0.243. The molecule has 0 radical (unpaired) electrons. The third-order valence-corrected chi connectivity index (χ3v) is 3.74. The van der Waals surface area contributed by atoms with Gasteiger partial charge in [-0.15, -0.1) is 4.98 Å². The van der Waals surface area contributed by atoms with Crippen LogP contribution in [0.1, 0.15) is 12.8 Å². The maximum atomic E-state index is 5.67. The number of hydrogen-bond donors (Lipinski definition) is 0. The van der Waals surface area contributed by atoms with Crippen LogP contribution in [0.5, 0.6) is 18.0 Å². The Labute approximate surface area is 140 Å². The first kappa shape index (κ1) is 16.2. The highest BCUT2D eigenvalue weighted by Crippen LogP contribution is 2.23. The number of ether oxygens (including phenoxy) is 3. The Morgan fingerprint density at radius 3 is 2.42 bits per heavy atom. The van der Waals surface area contributed by atoms with Crippen molar-refractivity contribution in [1.82, 2.24) is 24.9 Å². The van der Waals surface area contributed by atoms with E-state index in [0.717, 1.165) is 25.9 Å². The van der Waals surface area contributed by atoms with Gasteiger partial charge in [-0.2, -0.15) is 9.97 Å². The van der Waals surface area contributed by atoms with Crippen LogP contribution in [0, 0.1) is 5.92 Å². The van der Waals surface area contributed by atoms with E-state index in [1.807, 2.05) is 0 Å². The van der Waals surface area contributed by atoms with E-state index in [1.165, 1.54) is 14.2 Å². The summed E-state index contributed by atoms with van der Waals surface area (Å²) in [4.78, 5) is 22.9. The first-order chi connectivity index (χ1) is 11.8. The summed E-state index contributed by atoms with van der Waals surface area (Å²) in [5, 5.41) is 0. The van der Waals surface area contributed by atoms with Gasteiger partial charge in [-0.1, -0.05) is 0 Å². The fourth-order valence-corrected chi connectivity index (χ4v) is 2.59. The molecule has 9 nitrogen and oxygen atoms in total. The highest BCUT2D eigenvalue weighted by molar-refractivity contribution is 5.33. The van der Waals surface area contributed by atoms with Crippen molar-refractivity contribution in [2.45, 2.75) is 12.8 Å². The van der Waals surface area contributed by atoms with Crippen molar-refractivity contribution in [3.8, 4) is 18.0 Å². The molecular formula is C15H20N6O3. The van der Waals surface area contributed by atoms with Crippen LogP contribution in [0.4, 0.5) is 5.95 Å². The average Bonchev–Trinajstić information content (AvgIpc) is 2.67. The second-order valence-electron chi connectivity index (χ2n) is 5.41. The molecule has 0 amide bonds. The zero-order chi connectivity index (χ0) is 16.8. The molecule has 1 unspecified atom stereocenters. The number of aromatic nitrogens is 5. The summed E-state index contributed by atoms with van der Waals surface area (Å²) in [7, 11) is 3.04. The lowest BCUT2D eigenvalue weighted by molar-refractivity contribution is 0.213. The molecule has 0 aromatic carbocycles. The third-order valence-electron chi connectivity index (χ3n) is 3.74. The van der Waals surface area contributed by atoms with E-state index in [-0.39, 0.29) is 12.0 Å². The molecule has 24 heavy (non-hydrogen) atoms. The second-order valence-corrected chi connectivity index (χ2v) is 5.41. The molecule has 128 valence electrons. The highest BCUT2D eigenvalue weighted by atomic mass is 16.5. The van der Waals surface area contributed by atoms with E-state index >= 15 is 0 Å². The molecule has 3 heterocycles. The van der Waals surface area contributed by atoms with Gasteiger partial charge < -0.3 is 19.1 Å². The van der Waals surface area contributed by atoms with Gasteiger partial charge in [0.2, 0.25) is 5.95 Å². The van der Waals surface area contributed by atoms with E-state index in [1.54, 1.807) is 18.5 Å². The van der Waals surface area contributed by atoms with E-state index in [2.05, 4.69) is 29.8 Å². The molecule has 1 aliphatic rings. The molecule has 0 aliphatic carbocycles. The van der Waals surface area contributed by atoms with Crippen molar-refractivity contribution < 1.29 is 14.2 Å². The fourth-order valence-electron chi connectivity index (χ4n) is 2.59. The first-order valence-corrected chi connectivity index (χ1v) is 7.77. The lowest BCUT2D eigenvalue weighted by Crippen LogP contribution is -2.39. The summed E-state index contributed by atoms with van der Waals surface area (Å²) < 4.78 is 15.9. The summed E-state index contributed by atoms with van der Waals surface area (Å²) >= 11 is 0. The van der Waals surface area contributed by atoms with Crippen LogP contribution >= 0.6 is 0 Å². The van der Waals surface area contributed by atoms with Gasteiger partial charge in [0, 0.05) is 31.4 Å². The van der Waals surface area contributed by atoms with Crippen molar-refractivity contribution in [2.75, 3.05) is 38.8 Å². The van der Waals surface area contributed by atoms with Gasteiger partial charge >= 0.3 is 18.0 Å². The summed E-state index contributed by atoms with van der Waals surface area (Å²) in [6.07, 6.45) is 5.43. The van der Waals surface area contributed by atoms with Crippen molar-refractivity contribution in [3.63, 3.8) is 0 Å². The Hall–Kier alpha value is -2.71. The summed E-state index contributed by atoms with van der Waals surface area (Å²) in [6, 6.07) is 2.65. The molecule has 1 aliphatic heterocycles. The zero-order valence-electron chi connectivity index (χ0n) is 13.8. The maximum Gasteiger partial charge on any atom is 0.324 e. The minimum absolute atomic E-state index is 0.243. The van der Waals surface area contributed by atoms with Crippen LogP contribution in [0.3, 0.4) is 0 Å². The predicted octanol–water partition coefficient (Wildman–Crippen LogP) is 0.974. The van der Waals surface area contributed by atoms with E-state index in [0.29, 0.717) is 24.5 Å². The quantitative estimate of drug-likeness (QED) is 0.766. The zero-order valence-corrected chi connectivity index (χ0v) is 13.8. The summed E-state index contributed by atoms with van der Waals surface area (Å²) in [6.45, 7) is 2.21. The van der Waals surface area contributed by atoms with Gasteiger partial charge in [0.05, 0.1) is 20.8 Å². The van der Waals surface area contributed by atoms with Gasteiger partial charge in [-0.05, 0) is 18.9 Å². The van der Waals surface area contributed by atoms with Crippen molar-refractivity contribution in [1.29, 1.82) is 0 Å². The molecule has 2 aromatic rings. The predicted molar refractivity (Wildman–Crippen MR) is 85.4 cm³/mol. The van der Waals surface area contributed by atoms with E-state index < -0.39 is 0 Å². The Balaban J connectivity index is 1.65. The molecule has 0 N–H and O–H groups in total. The Kier molecular flexibility index (Phi) is 5.19. The summed E-state index contributed by atoms with van der Waals surface area (Å²) in [5.41, 5.74) is 0. The van der Waals surface area contributed by atoms with E-state index in [4.69, 9.17) is 14.2 Å². The number of rotatable bonds is 6. The molecule has 0 spiro atoms. The van der Waals surface area contributed by atoms with Crippen LogP contribution in [0.25, 0.3) is 0 Å². The molecule has 0 saturated carbocycles. The molecule has 0 bridgehead atoms. The second kappa shape index (κ2) is 7.71. The lowest BCUT2D eigenvalue weighted by Gasteiger charge is -2.32. The topological polar surface area (TPSA) is 95.4 Å². The Morgan fingerprint density at radius 2 is 1.75 bits per heavy atom. The monoisotopic (exact) mass is 332 g/mol. The number of nitrogens with zero attached hydrogens (tertiary/aromatic N) is 6. The third kappa shape index (κ3) is 3.98. The van der Waals surface area contributed by atoms with Gasteiger partial charge in [0.15, 0.2) is 0 Å². The standard InChI is InChI=1S/C15H20N6O3/c1-22-14-18-12(19-15(20-14)23-2)21-8-3-5-11(9-21)10-24-13-16-6-4-7-17-13/h4,6-7,11H,3,5,8-10H2,1-2H3. The van der Waals surface area contributed by atoms with Gasteiger partial charge in [-0.3, -0.25) is 0 Å². The number of methoxy groups -OCH3 is 2. The Bertz CT molecular complexity index is 635. The SMILES string of the molecule is COc1nc(OC)nc(N2CCCC(COc3ncccn3)C2)n1. The Morgan fingerprint density at radius 1 is 1.04 bits per heavy atom. The van der Waals surface area contributed by atoms with Crippen molar-refractivity contribution in [3.05, 3.63) is 18.5 Å². The lowest BCUT2D eigenvalue weighted by atomic mass is 9.99. The molecule has 9 heteroatoms. The van der Waals surface area contributed by atoms with Gasteiger partial charge in [-0.25, -0.2) is 9.97 Å². The van der Waals surface area contributed by atoms with Gasteiger partial charge in [0.1, 0.15) is 0 Å². The molecule has 2 aromatic heterocycles. The molecule has 3 rings (SSSR count). The first-order valence-electron chi connectivity index (χ1n) is 7.77. The number of hydrogen-bond acceptors (Lipinski definition) is 9. The van der Waals surface area contributed by atoms with Crippen LogP contribution in [-0.4, -0.2) is 58.8 Å². The molecule has 1 fully saturated rings. The highest BCUT2D eigenvalue weighted by Gasteiger charge is 2.24. The van der Waals surface area contributed by atoms with Crippen molar-refractivity contribution in [2.24, 2.45) is 5.92 Å². The fraction of sp³-hybridized carbons (Fsp3) is 0.533. The minimum Gasteiger partial charge on any atom is -0.467 e. The van der Waals surface area contributed by atoms with Crippen LogP contribution < -0.4 is 19.1 Å². The largest absolute Gasteiger partial charge is 0.467 e.